The molecule has 1 heteroatoms. The summed E-state index contributed by atoms with van der Waals surface area (Å²) in [6, 6.07) is 14.0. The second-order valence-electron chi connectivity index (χ2n) is 4.04. The van der Waals surface area contributed by atoms with Gasteiger partial charge in [0.05, 0.1) is 0 Å². The van der Waals surface area contributed by atoms with Gasteiger partial charge in [-0.3, -0.25) is 4.79 Å². The van der Waals surface area contributed by atoms with Crippen LogP contribution < -0.4 is 0 Å². The van der Waals surface area contributed by atoms with Gasteiger partial charge in [-0.15, -0.1) is 0 Å². The van der Waals surface area contributed by atoms with E-state index < -0.39 is 0 Å². The van der Waals surface area contributed by atoms with E-state index in [-0.39, 0.29) is 0 Å². The molecule has 0 amide bonds. The van der Waals surface area contributed by atoms with Crippen LogP contribution in [0.5, 0.6) is 0 Å². The number of rotatable bonds is 2. The molecule has 0 saturated heterocycles. The van der Waals surface area contributed by atoms with Crippen LogP contribution in [0, 0.1) is 13.8 Å². The minimum Gasteiger partial charge on any atom is -0.298 e. The number of benzene rings is 2. The van der Waals surface area contributed by atoms with Crippen LogP contribution in [0.1, 0.15) is 21.5 Å². The largest absolute Gasteiger partial charge is 0.298 e. The van der Waals surface area contributed by atoms with Crippen LogP contribution in [-0.2, 0) is 0 Å². The molecule has 0 radical (unpaired) electrons. The van der Waals surface area contributed by atoms with Crippen LogP contribution in [-0.4, -0.2) is 6.29 Å². The van der Waals surface area contributed by atoms with Gasteiger partial charge in [0.15, 0.2) is 0 Å². The molecule has 2 aromatic rings. The van der Waals surface area contributed by atoms with E-state index in [9.17, 15) is 4.79 Å². The van der Waals surface area contributed by atoms with E-state index in [1.165, 1.54) is 11.1 Å². The van der Waals surface area contributed by atoms with Crippen LogP contribution in [0.15, 0.2) is 42.5 Å². The Morgan fingerprint density at radius 2 is 1.62 bits per heavy atom. The van der Waals surface area contributed by atoms with Gasteiger partial charge in [-0.05, 0) is 42.2 Å². The van der Waals surface area contributed by atoms with Crippen molar-refractivity contribution < 1.29 is 4.79 Å². The van der Waals surface area contributed by atoms with Crippen molar-refractivity contribution in [3.8, 4) is 11.1 Å². The highest BCUT2D eigenvalue weighted by Crippen LogP contribution is 2.22. The molecule has 0 aliphatic carbocycles. The smallest absolute Gasteiger partial charge is 0.150 e. The highest BCUT2D eigenvalue weighted by molar-refractivity contribution is 5.79. The number of carbonyl (C=O) groups is 1. The van der Waals surface area contributed by atoms with Gasteiger partial charge in [-0.2, -0.15) is 0 Å². The number of hydrogen-bond donors (Lipinski definition) is 0. The molecule has 0 N–H and O–H groups in total. The van der Waals surface area contributed by atoms with E-state index in [2.05, 4.69) is 32.0 Å². The van der Waals surface area contributed by atoms with Crippen LogP contribution in [0.25, 0.3) is 11.1 Å². The topological polar surface area (TPSA) is 17.1 Å². The molecule has 80 valence electrons. The summed E-state index contributed by atoms with van der Waals surface area (Å²) in [5.41, 5.74) is 5.53. The SMILES string of the molecule is Cc1ccc(-c2cccc(C=O)c2)cc1C. The van der Waals surface area contributed by atoms with Crippen molar-refractivity contribution in [2.75, 3.05) is 0 Å². The van der Waals surface area contributed by atoms with Gasteiger partial charge in [0.1, 0.15) is 6.29 Å². The second kappa shape index (κ2) is 4.31. The molecule has 0 spiro atoms. The van der Waals surface area contributed by atoms with Crippen molar-refractivity contribution in [2.45, 2.75) is 13.8 Å². The molecule has 0 aromatic heterocycles. The Bertz CT molecular complexity index is 527. The molecule has 2 rings (SSSR count). The molecule has 0 aliphatic heterocycles. The lowest BCUT2D eigenvalue weighted by molar-refractivity contribution is 0.112. The van der Waals surface area contributed by atoms with E-state index in [0.29, 0.717) is 0 Å². The summed E-state index contributed by atoms with van der Waals surface area (Å²) in [5.74, 6) is 0. The molecule has 16 heavy (non-hydrogen) atoms. The zero-order chi connectivity index (χ0) is 11.5. The second-order valence-corrected chi connectivity index (χ2v) is 4.04. The first-order chi connectivity index (χ1) is 7.70. The van der Waals surface area contributed by atoms with Gasteiger partial charge in [-0.1, -0.05) is 36.4 Å². The number of carbonyl (C=O) groups excluding carboxylic acids is 1. The fourth-order valence-electron chi connectivity index (χ4n) is 1.71. The average molecular weight is 210 g/mol. The molecule has 0 fully saturated rings. The van der Waals surface area contributed by atoms with Crippen molar-refractivity contribution in [3.05, 3.63) is 59.2 Å². The molecule has 0 unspecified atom stereocenters. The van der Waals surface area contributed by atoms with E-state index >= 15 is 0 Å². The fourth-order valence-corrected chi connectivity index (χ4v) is 1.71. The van der Waals surface area contributed by atoms with Crippen LogP contribution >= 0.6 is 0 Å². The highest BCUT2D eigenvalue weighted by atomic mass is 16.1. The van der Waals surface area contributed by atoms with Crippen molar-refractivity contribution in [2.24, 2.45) is 0 Å². The molecule has 2 aromatic carbocycles. The van der Waals surface area contributed by atoms with Crippen molar-refractivity contribution >= 4 is 6.29 Å². The fraction of sp³-hybridized carbons (Fsp3) is 0.133. The summed E-state index contributed by atoms with van der Waals surface area (Å²) >= 11 is 0. The molecular formula is C15H14O. The standard InChI is InChI=1S/C15H14O/c1-11-6-7-15(8-12(11)2)14-5-3-4-13(9-14)10-16/h3-10H,1-2H3. The normalized spacial score (nSPS) is 10.1. The van der Waals surface area contributed by atoms with Crippen molar-refractivity contribution in [1.29, 1.82) is 0 Å². The quantitative estimate of drug-likeness (QED) is 0.689. The summed E-state index contributed by atoms with van der Waals surface area (Å²) in [6.07, 6.45) is 0.880. The predicted molar refractivity (Wildman–Crippen MR) is 66.7 cm³/mol. The predicted octanol–water partition coefficient (Wildman–Crippen LogP) is 3.78. The zero-order valence-corrected chi connectivity index (χ0v) is 9.53. The Morgan fingerprint density at radius 1 is 0.875 bits per heavy atom. The van der Waals surface area contributed by atoms with Gasteiger partial charge in [0, 0.05) is 5.56 Å². The van der Waals surface area contributed by atoms with Crippen molar-refractivity contribution in [1.82, 2.24) is 0 Å². The molecule has 1 nitrogen and oxygen atoms in total. The van der Waals surface area contributed by atoms with Crippen LogP contribution in [0.4, 0.5) is 0 Å². The maximum atomic E-state index is 10.7. The monoisotopic (exact) mass is 210 g/mol. The van der Waals surface area contributed by atoms with Gasteiger partial charge >= 0.3 is 0 Å². The van der Waals surface area contributed by atoms with E-state index in [1.54, 1.807) is 0 Å². The summed E-state index contributed by atoms with van der Waals surface area (Å²) < 4.78 is 0. The van der Waals surface area contributed by atoms with Crippen LogP contribution in [0.3, 0.4) is 0 Å². The Kier molecular flexibility index (Phi) is 2.86. The average Bonchev–Trinajstić information content (AvgIpc) is 2.33. The lowest BCUT2D eigenvalue weighted by Gasteiger charge is -2.05. The maximum absolute atomic E-state index is 10.7. The molecule has 0 bridgehead atoms. The first kappa shape index (κ1) is 10.6. The Hall–Kier alpha value is -1.89. The van der Waals surface area contributed by atoms with Gasteiger partial charge in [-0.25, -0.2) is 0 Å². The minimum absolute atomic E-state index is 0.718. The molecular weight excluding hydrogens is 196 g/mol. The number of hydrogen-bond acceptors (Lipinski definition) is 1. The molecule has 0 heterocycles. The third kappa shape index (κ3) is 2.03. The summed E-state index contributed by atoms with van der Waals surface area (Å²) in [6.45, 7) is 4.20. The first-order valence-electron chi connectivity index (χ1n) is 5.33. The van der Waals surface area contributed by atoms with Gasteiger partial charge in [0.25, 0.3) is 0 Å². The third-order valence-corrected chi connectivity index (χ3v) is 2.86. The summed E-state index contributed by atoms with van der Waals surface area (Å²) in [4.78, 5) is 10.7. The summed E-state index contributed by atoms with van der Waals surface area (Å²) in [7, 11) is 0. The van der Waals surface area contributed by atoms with Gasteiger partial charge < -0.3 is 0 Å². The van der Waals surface area contributed by atoms with Crippen LogP contribution in [0.2, 0.25) is 0 Å². The Labute approximate surface area is 95.7 Å². The molecule has 0 atom stereocenters. The van der Waals surface area contributed by atoms with E-state index in [0.717, 1.165) is 23.0 Å². The Balaban J connectivity index is 2.49. The minimum atomic E-state index is 0.718. The van der Waals surface area contributed by atoms with E-state index in [1.807, 2.05) is 24.3 Å². The van der Waals surface area contributed by atoms with Crippen molar-refractivity contribution in [3.63, 3.8) is 0 Å². The maximum Gasteiger partial charge on any atom is 0.150 e. The highest BCUT2D eigenvalue weighted by Gasteiger charge is 2.00. The lowest BCUT2D eigenvalue weighted by Crippen LogP contribution is -1.85. The molecule has 0 saturated carbocycles. The Morgan fingerprint density at radius 3 is 2.31 bits per heavy atom. The number of aryl methyl sites for hydroxylation is 2. The lowest BCUT2D eigenvalue weighted by atomic mass is 9.99. The zero-order valence-electron chi connectivity index (χ0n) is 9.53. The van der Waals surface area contributed by atoms with E-state index in [4.69, 9.17) is 0 Å². The number of aldehydes is 1. The third-order valence-electron chi connectivity index (χ3n) is 2.86. The first-order valence-corrected chi connectivity index (χ1v) is 5.33. The van der Waals surface area contributed by atoms with Gasteiger partial charge in [0.2, 0.25) is 0 Å². The molecule has 0 aliphatic rings. The summed E-state index contributed by atoms with van der Waals surface area (Å²) in [5, 5.41) is 0.